The highest BCUT2D eigenvalue weighted by atomic mass is 32.2. The smallest absolute Gasteiger partial charge is 0.317 e. The van der Waals surface area contributed by atoms with E-state index in [0.29, 0.717) is 0 Å². The summed E-state index contributed by atoms with van der Waals surface area (Å²) in [5, 5.41) is 8.22. The van der Waals surface area contributed by atoms with Crippen molar-refractivity contribution in [2.24, 2.45) is 0 Å². The summed E-state index contributed by atoms with van der Waals surface area (Å²) >= 11 is 7.79. The SMILES string of the molecule is CN(CC(=O)O)C(S)S. The molecule has 0 aliphatic rings. The molecule has 0 saturated carbocycles. The number of hydrogen-bond acceptors (Lipinski definition) is 4. The fraction of sp³-hybridized carbons (Fsp3) is 0.750. The number of thiol groups is 2. The Morgan fingerprint density at radius 3 is 2.33 bits per heavy atom. The van der Waals surface area contributed by atoms with E-state index in [1.54, 1.807) is 7.05 Å². The van der Waals surface area contributed by atoms with Crippen LogP contribution in [0, 0.1) is 0 Å². The van der Waals surface area contributed by atoms with Crippen LogP contribution in [0.15, 0.2) is 0 Å². The summed E-state index contributed by atoms with van der Waals surface area (Å²) in [6, 6.07) is 0. The molecule has 0 aliphatic carbocycles. The van der Waals surface area contributed by atoms with Crippen LogP contribution in [0.4, 0.5) is 0 Å². The predicted octanol–water partition coefficient (Wildman–Crippen LogP) is 0.146. The second-order valence-corrected chi connectivity index (χ2v) is 3.04. The first-order chi connectivity index (χ1) is 4.04. The molecule has 0 fully saturated rings. The molecule has 5 heteroatoms. The Bertz CT molecular complexity index is 107. The van der Waals surface area contributed by atoms with Gasteiger partial charge in [-0.1, -0.05) is 0 Å². The number of nitrogens with zero attached hydrogens (tertiary/aromatic N) is 1. The first-order valence-corrected chi connectivity index (χ1v) is 3.35. The van der Waals surface area contributed by atoms with Crippen LogP contribution in [-0.2, 0) is 4.79 Å². The van der Waals surface area contributed by atoms with Gasteiger partial charge in [0, 0.05) is 0 Å². The van der Waals surface area contributed by atoms with Gasteiger partial charge in [0.15, 0.2) is 0 Å². The Morgan fingerprint density at radius 1 is 1.78 bits per heavy atom. The molecule has 0 rings (SSSR count). The van der Waals surface area contributed by atoms with Crippen molar-refractivity contribution in [1.82, 2.24) is 4.90 Å². The molecule has 0 amide bonds. The third-order valence-electron chi connectivity index (χ3n) is 0.779. The van der Waals surface area contributed by atoms with Gasteiger partial charge in [0.2, 0.25) is 0 Å². The number of carbonyl (C=O) groups is 1. The first-order valence-electron chi connectivity index (χ1n) is 2.32. The van der Waals surface area contributed by atoms with E-state index in [2.05, 4.69) is 25.3 Å². The molecule has 3 nitrogen and oxygen atoms in total. The van der Waals surface area contributed by atoms with E-state index >= 15 is 0 Å². The minimum absolute atomic E-state index is 0.0301. The minimum atomic E-state index is -0.870. The van der Waals surface area contributed by atoms with Crippen LogP contribution in [0.2, 0.25) is 0 Å². The van der Waals surface area contributed by atoms with Crippen LogP contribution in [-0.4, -0.2) is 34.3 Å². The lowest BCUT2D eigenvalue weighted by atomic mass is 10.6. The average Bonchev–Trinajstić information content (AvgIpc) is 1.63. The maximum Gasteiger partial charge on any atom is 0.317 e. The molecule has 54 valence electrons. The standard InChI is InChI=1S/C4H9NO2S2/c1-5(4(8)9)2-3(6)7/h4,8-9H,2H2,1H3,(H,6,7). The largest absolute Gasteiger partial charge is 0.480 e. The summed E-state index contributed by atoms with van der Waals surface area (Å²) in [5.74, 6) is -0.870. The van der Waals surface area contributed by atoms with E-state index in [1.165, 1.54) is 4.90 Å². The Morgan fingerprint density at radius 2 is 2.22 bits per heavy atom. The van der Waals surface area contributed by atoms with Gasteiger partial charge in [0.25, 0.3) is 0 Å². The van der Waals surface area contributed by atoms with Gasteiger partial charge in [-0.15, -0.1) is 25.3 Å². The van der Waals surface area contributed by atoms with Gasteiger partial charge in [-0.3, -0.25) is 9.69 Å². The molecule has 0 atom stereocenters. The second-order valence-electron chi connectivity index (χ2n) is 1.66. The van der Waals surface area contributed by atoms with Crippen molar-refractivity contribution in [1.29, 1.82) is 0 Å². The molecule has 9 heavy (non-hydrogen) atoms. The lowest BCUT2D eigenvalue weighted by molar-refractivity contribution is -0.137. The van der Waals surface area contributed by atoms with E-state index in [-0.39, 0.29) is 11.3 Å². The van der Waals surface area contributed by atoms with Crippen molar-refractivity contribution in [2.75, 3.05) is 13.6 Å². The molecule has 0 saturated heterocycles. The molecule has 0 aromatic carbocycles. The van der Waals surface area contributed by atoms with E-state index < -0.39 is 5.97 Å². The van der Waals surface area contributed by atoms with Crippen molar-refractivity contribution < 1.29 is 9.90 Å². The van der Waals surface area contributed by atoms with E-state index in [1.807, 2.05) is 0 Å². The van der Waals surface area contributed by atoms with Crippen LogP contribution in [0.5, 0.6) is 0 Å². The van der Waals surface area contributed by atoms with Crippen molar-refractivity contribution in [2.45, 2.75) is 4.71 Å². The van der Waals surface area contributed by atoms with Crippen molar-refractivity contribution >= 4 is 31.2 Å². The van der Waals surface area contributed by atoms with Gasteiger partial charge < -0.3 is 5.11 Å². The number of rotatable bonds is 3. The zero-order valence-corrected chi connectivity index (χ0v) is 6.77. The fourth-order valence-electron chi connectivity index (χ4n) is 0.295. The molecule has 1 N–H and O–H groups in total. The third kappa shape index (κ3) is 4.62. The molecular formula is C4H9NO2S2. The van der Waals surface area contributed by atoms with Gasteiger partial charge in [-0.2, -0.15) is 0 Å². The molecular weight excluding hydrogens is 158 g/mol. The number of carboxylic acids is 1. The summed E-state index contributed by atoms with van der Waals surface area (Å²) in [6.45, 7) is -0.0301. The average molecular weight is 167 g/mol. The highest BCUT2D eigenvalue weighted by Crippen LogP contribution is 2.03. The van der Waals surface area contributed by atoms with E-state index in [0.717, 1.165) is 0 Å². The molecule has 0 heterocycles. The highest BCUT2D eigenvalue weighted by molar-refractivity contribution is 7.99. The maximum atomic E-state index is 10.0. The van der Waals surface area contributed by atoms with Gasteiger partial charge >= 0.3 is 5.97 Å². The highest BCUT2D eigenvalue weighted by Gasteiger charge is 2.07. The molecule has 0 aliphatic heterocycles. The maximum absolute atomic E-state index is 10.0. The predicted molar refractivity (Wildman–Crippen MR) is 42.0 cm³/mol. The van der Waals surface area contributed by atoms with Crippen LogP contribution < -0.4 is 0 Å². The molecule has 0 bridgehead atoms. The lowest BCUT2D eigenvalue weighted by Crippen LogP contribution is -2.28. The molecule has 0 unspecified atom stereocenters. The molecule has 0 aromatic rings. The Hall–Kier alpha value is 0.130. The monoisotopic (exact) mass is 167 g/mol. The Labute approximate surface area is 64.9 Å². The van der Waals surface area contributed by atoms with Gasteiger partial charge in [0.05, 0.1) is 11.3 Å². The van der Waals surface area contributed by atoms with Gasteiger partial charge in [-0.05, 0) is 7.05 Å². The summed E-state index contributed by atoms with van der Waals surface area (Å²) < 4.78 is -0.305. The number of aliphatic carboxylic acids is 1. The molecule has 0 radical (unpaired) electrons. The molecule has 0 spiro atoms. The van der Waals surface area contributed by atoms with E-state index in [4.69, 9.17) is 5.11 Å². The van der Waals surface area contributed by atoms with Gasteiger partial charge in [0.1, 0.15) is 0 Å². The number of hydrogen-bond donors (Lipinski definition) is 3. The quantitative estimate of drug-likeness (QED) is 0.414. The van der Waals surface area contributed by atoms with Crippen molar-refractivity contribution in [3.05, 3.63) is 0 Å². The Kier molecular flexibility index (Phi) is 4.09. The topological polar surface area (TPSA) is 40.5 Å². The van der Waals surface area contributed by atoms with Crippen LogP contribution in [0.25, 0.3) is 0 Å². The normalized spacial score (nSPS) is 10.8. The van der Waals surface area contributed by atoms with Crippen molar-refractivity contribution in [3.63, 3.8) is 0 Å². The molecule has 0 aromatic heterocycles. The summed E-state index contributed by atoms with van der Waals surface area (Å²) in [6.07, 6.45) is 0. The first kappa shape index (κ1) is 9.13. The fourth-order valence-corrected chi connectivity index (χ4v) is 0.458. The van der Waals surface area contributed by atoms with Crippen LogP contribution in [0.3, 0.4) is 0 Å². The summed E-state index contributed by atoms with van der Waals surface area (Å²) in [4.78, 5) is 11.5. The minimum Gasteiger partial charge on any atom is -0.480 e. The summed E-state index contributed by atoms with van der Waals surface area (Å²) in [7, 11) is 1.64. The third-order valence-corrected chi connectivity index (χ3v) is 1.57. The summed E-state index contributed by atoms with van der Waals surface area (Å²) in [5.41, 5.74) is 0. The lowest BCUT2D eigenvalue weighted by Gasteiger charge is -2.15. The number of carboxylic acid groups (broad SMARTS) is 1. The zero-order chi connectivity index (χ0) is 7.44. The van der Waals surface area contributed by atoms with Gasteiger partial charge in [-0.25, -0.2) is 0 Å². The van der Waals surface area contributed by atoms with Crippen LogP contribution in [0.1, 0.15) is 0 Å². The second kappa shape index (κ2) is 4.03. The van der Waals surface area contributed by atoms with Crippen LogP contribution >= 0.6 is 25.3 Å². The number of likely N-dealkylation sites (N-methyl/N-ethyl adjacent to an activating group) is 1. The van der Waals surface area contributed by atoms with Crippen molar-refractivity contribution in [3.8, 4) is 0 Å². The zero-order valence-electron chi connectivity index (χ0n) is 4.98. The van der Waals surface area contributed by atoms with E-state index in [9.17, 15) is 4.79 Å². The Balaban J connectivity index is 3.50.